The first-order chi connectivity index (χ1) is 9.75. The van der Waals surface area contributed by atoms with Gasteiger partial charge in [-0.2, -0.15) is 0 Å². The third-order valence-electron chi connectivity index (χ3n) is 3.37. The van der Waals surface area contributed by atoms with Crippen molar-refractivity contribution in [3.8, 4) is 0 Å². The van der Waals surface area contributed by atoms with Crippen LogP contribution in [0.5, 0.6) is 0 Å². The molecular formula is C16H16N2O2. The largest absolute Gasteiger partial charge is 0.420 e. The topological polar surface area (TPSA) is 47.2 Å². The van der Waals surface area contributed by atoms with Gasteiger partial charge in [-0.1, -0.05) is 30.3 Å². The van der Waals surface area contributed by atoms with Crippen LogP contribution in [0.2, 0.25) is 0 Å². The molecule has 0 fully saturated rings. The van der Waals surface area contributed by atoms with Gasteiger partial charge in [-0.3, -0.25) is 4.57 Å². The number of rotatable bonds is 4. The van der Waals surface area contributed by atoms with E-state index in [0.717, 1.165) is 11.2 Å². The summed E-state index contributed by atoms with van der Waals surface area (Å²) in [5.41, 5.74) is 3.75. The van der Waals surface area contributed by atoms with E-state index in [4.69, 9.17) is 4.42 Å². The van der Waals surface area contributed by atoms with Crippen LogP contribution in [-0.2, 0) is 6.54 Å². The van der Waals surface area contributed by atoms with Gasteiger partial charge in [0.05, 0.1) is 5.52 Å². The van der Waals surface area contributed by atoms with Crippen molar-refractivity contribution in [1.82, 2.24) is 4.57 Å². The van der Waals surface area contributed by atoms with Crippen LogP contribution in [0.3, 0.4) is 0 Å². The lowest BCUT2D eigenvalue weighted by Gasteiger charge is -2.09. The number of benzene rings is 2. The maximum atomic E-state index is 11.8. The Morgan fingerprint density at radius 2 is 1.85 bits per heavy atom. The fourth-order valence-electron chi connectivity index (χ4n) is 2.30. The number of anilines is 1. The Bertz CT molecular complexity index is 786. The maximum Gasteiger partial charge on any atom is 0.420 e. The van der Waals surface area contributed by atoms with E-state index in [2.05, 4.69) is 18.3 Å². The van der Waals surface area contributed by atoms with Crippen LogP contribution in [0.4, 0.5) is 5.69 Å². The summed E-state index contributed by atoms with van der Waals surface area (Å²) in [5, 5.41) is 3.34. The molecule has 0 amide bonds. The van der Waals surface area contributed by atoms with Gasteiger partial charge in [0.15, 0.2) is 5.58 Å². The van der Waals surface area contributed by atoms with Crippen molar-refractivity contribution in [1.29, 1.82) is 0 Å². The normalized spacial score (nSPS) is 10.8. The minimum Gasteiger partial charge on any atom is -0.408 e. The number of hydrogen-bond donors (Lipinski definition) is 1. The molecule has 3 rings (SSSR count). The van der Waals surface area contributed by atoms with Crippen molar-refractivity contribution in [2.75, 3.05) is 11.9 Å². The first-order valence-electron chi connectivity index (χ1n) is 6.63. The molecule has 1 N–H and O–H groups in total. The molecule has 0 aliphatic heterocycles. The molecule has 4 heteroatoms. The number of oxazole rings is 1. The number of para-hydroxylation sites is 3. The quantitative estimate of drug-likeness (QED) is 0.791. The van der Waals surface area contributed by atoms with Crippen LogP contribution in [0.15, 0.2) is 57.7 Å². The molecule has 0 unspecified atom stereocenters. The zero-order chi connectivity index (χ0) is 13.9. The monoisotopic (exact) mass is 268 g/mol. The number of aromatic nitrogens is 1. The molecule has 102 valence electrons. The number of hydrogen-bond acceptors (Lipinski definition) is 3. The van der Waals surface area contributed by atoms with Crippen molar-refractivity contribution in [2.24, 2.45) is 0 Å². The number of aryl methyl sites for hydroxylation is 1. The molecule has 4 nitrogen and oxygen atoms in total. The molecule has 0 spiro atoms. The van der Waals surface area contributed by atoms with E-state index in [-0.39, 0.29) is 5.76 Å². The summed E-state index contributed by atoms with van der Waals surface area (Å²) in [6.07, 6.45) is 0. The highest BCUT2D eigenvalue weighted by molar-refractivity contribution is 5.72. The number of nitrogens with zero attached hydrogens (tertiary/aromatic N) is 1. The Kier molecular flexibility index (Phi) is 3.29. The predicted molar refractivity (Wildman–Crippen MR) is 80.1 cm³/mol. The smallest absolute Gasteiger partial charge is 0.408 e. The molecule has 0 aliphatic carbocycles. The molecule has 20 heavy (non-hydrogen) atoms. The third kappa shape index (κ3) is 2.32. The Morgan fingerprint density at radius 3 is 2.70 bits per heavy atom. The molecule has 1 heterocycles. The first-order valence-corrected chi connectivity index (χ1v) is 6.63. The Hall–Kier alpha value is -2.49. The Balaban J connectivity index is 1.76. The minimum absolute atomic E-state index is 0.308. The van der Waals surface area contributed by atoms with E-state index in [1.807, 2.05) is 42.5 Å². The van der Waals surface area contributed by atoms with Gasteiger partial charge < -0.3 is 9.73 Å². The molecule has 0 aliphatic rings. The molecule has 0 saturated carbocycles. The summed E-state index contributed by atoms with van der Waals surface area (Å²) in [4.78, 5) is 11.8. The van der Waals surface area contributed by atoms with Gasteiger partial charge >= 0.3 is 5.76 Å². The minimum atomic E-state index is -0.308. The van der Waals surface area contributed by atoms with Crippen LogP contribution in [0.25, 0.3) is 11.1 Å². The van der Waals surface area contributed by atoms with Gasteiger partial charge in [0.1, 0.15) is 0 Å². The van der Waals surface area contributed by atoms with Crippen LogP contribution in [-0.4, -0.2) is 11.1 Å². The van der Waals surface area contributed by atoms with Crippen molar-refractivity contribution in [3.05, 3.63) is 64.6 Å². The summed E-state index contributed by atoms with van der Waals surface area (Å²) in [6, 6.07) is 15.6. The van der Waals surface area contributed by atoms with E-state index in [1.54, 1.807) is 4.57 Å². The summed E-state index contributed by atoms with van der Waals surface area (Å²) in [5.74, 6) is -0.308. The molecule has 0 bridgehead atoms. The zero-order valence-corrected chi connectivity index (χ0v) is 11.3. The SMILES string of the molecule is Cc1ccccc1NCCn1c(=O)oc2ccccc21. The molecule has 0 atom stereocenters. The molecule has 2 aromatic carbocycles. The average Bonchev–Trinajstić information content (AvgIpc) is 2.77. The summed E-state index contributed by atoms with van der Waals surface area (Å²) < 4.78 is 6.86. The zero-order valence-electron chi connectivity index (χ0n) is 11.3. The van der Waals surface area contributed by atoms with E-state index in [9.17, 15) is 4.79 Å². The highest BCUT2D eigenvalue weighted by atomic mass is 16.4. The van der Waals surface area contributed by atoms with E-state index in [0.29, 0.717) is 18.7 Å². The lowest BCUT2D eigenvalue weighted by molar-refractivity contribution is 0.510. The predicted octanol–water partition coefficient (Wildman–Crippen LogP) is 3.02. The first kappa shape index (κ1) is 12.5. The second-order valence-electron chi connectivity index (χ2n) is 4.73. The van der Waals surface area contributed by atoms with E-state index >= 15 is 0 Å². The van der Waals surface area contributed by atoms with Gasteiger partial charge in [-0.05, 0) is 30.7 Å². The fourth-order valence-corrected chi connectivity index (χ4v) is 2.30. The lowest BCUT2D eigenvalue weighted by Crippen LogP contribution is -2.19. The third-order valence-corrected chi connectivity index (χ3v) is 3.37. The van der Waals surface area contributed by atoms with E-state index < -0.39 is 0 Å². The summed E-state index contributed by atoms with van der Waals surface area (Å²) >= 11 is 0. The number of fused-ring (bicyclic) bond motifs is 1. The van der Waals surface area contributed by atoms with Crippen LogP contribution in [0.1, 0.15) is 5.56 Å². The maximum absolute atomic E-state index is 11.8. The number of nitrogens with one attached hydrogen (secondary N) is 1. The Labute approximate surface area is 116 Å². The fraction of sp³-hybridized carbons (Fsp3) is 0.188. The second-order valence-corrected chi connectivity index (χ2v) is 4.73. The molecule has 0 saturated heterocycles. The van der Waals surface area contributed by atoms with Gasteiger partial charge in [-0.25, -0.2) is 4.79 Å². The van der Waals surface area contributed by atoms with Gasteiger partial charge in [0.25, 0.3) is 0 Å². The highest BCUT2D eigenvalue weighted by Crippen LogP contribution is 2.14. The van der Waals surface area contributed by atoms with E-state index in [1.165, 1.54) is 5.56 Å². The van der Waals surface area contributed by atoms with Crippen molar-refractivity contribution in [2.45, 2.75) is 13.5 Å². The molecule has 0 radical (unpaired) electrons. The summed E-state index contributed by atoms with van der Waals surface area (Å²) in [6.45, 7) is 3.31. The second kappa shape index (κ2) is 5.25. The van der Waals surface area contributed by atoms with Crippen molar-refractivity contribution in [3.63, 3.8) is 0 Å². The van der Waals surface area contributed by atoms with Crippen LogP contribution < -0.4 is 11.1 Å². The highest BCUT2D eigenvalue weighted by Gasteiger charge is 2.07. The van der Waals surface area contributed by atoms with Crippen molar-refractivity contribution < 1.29 is 4.42 Å². The van der Waals surface area contributed by atoms with Crippen LogP contribution >= 0.6 is 0 Å². The summed E-state index contributed by atoms with van der Waals surface area (Å²) in [7, 11) is 0. The standard InChI is InChI=1S/C16H16N2O2/c1-12-6-2-3-7-13(12)17-10-11-18-14-8-4-5-9-15(14)20-16(18)19/h2-9,17H,10-11H2,1H3. The molecule has 1 aromatic heterocycles. The van der Waals surface area contributed by atoms with Gasteiger partial charge in [-0.15, -0.1) is 0 Å². The Morgan fingerprint density at radius 1 is 1.10 bits per heavy atom. The molecule has 3 aromatic rings. The molecular weight excluding hydrogens is 252 g/mol. The van der Waals surface area contributed by atoms with Gasteiger partial charge in [0.2, 0.25) is 0 Å². The lowest BCUT2D eigenvalue weighted by atomic mass is 10.2. The van der Waals surface area contributed by atoms with Gasteiger partial charge in [0, 0.05) is 18.8 Å². The van der Waals surface area contributed by atoms with Crippen molar-refractivity contribution >= 4 is 16.8 Å². The van der Waals surface area contributed by atoms with Crippen LogP contribution in [0, 0.1) is 6.92 Å². The average molecular weight is 268 g/mol.